The molecule has 0 amide bonds. The van der Waals surface area contributed by atoms with E-state index < -0.39 is 0 Å². The summed E-state index contributed by atoms with van der Waals surface area (Å²) in [7, 11) is 0. The van der Waals surface area contributed by atoms with Crippen LogP contribution in [0.25, 0.3) is 10.2 Å². The van der Waals surface area contributed by atoms with Crippen molar-refractivity contribution in [2.75, 3.05) is 5.32 Å². The van der Waals surface area contributed by atoms with Crippen molar-refractivity contribution >= 4 is 27.4 Å². The van der Waals surface area contributed by atoms with Gasteiger partial charge in [0.2, 0.25) is 0 Å². The highest BCUT2D eigenvalue weighted by molar-refractivity contribution is 7.17. The van der Waals surface area contributed by atoms with E-state index in [9.17, 15) is 0 Å². The van der Waals surface area contributed by atoms with E-state index in [1.165, 1.54) is 0 Å². The molecule has 1 N–H and O–H groups in total. The maximum Gasteiger partial charge on any atom is 0.148 e. The van der Waals surface area contributed by atoms with E-state index in [4.69, 9.17) is 0 Å². The van der Waals surface area contributed by atoms with Crippen molar-refractivity contribution in [2.24, 2.45) is 0 Å². The van der Waals surface area contributed by atoms with Gasteiger partial charge in [0.05, 0.1) is 22.0 Å². The van der Waals surface area contributed by atoms with Crippen LogP contribution in [0.4, 0.5) is 5.82 Å². The normalized spacial score (nSPS) is 12.2. The molecule has 1 unspecified atom stereocenters. The maximum absolute atomic E-state index is 4.52. The zero-order chi connectivity index (χ0) is 15.5. The molecule has 4 aromatic rings. The first-order chi connectivity index (χ1) is 11.4. The molecule has 23 heavy (non-hydrogen) atoms. The molecule has 0 saturated carbocycles. The van der Waals surface area contributed by atoms with Gasteiger partial charge in [-0.05, 0) is 29.1 Å². The Balaban J connectivity index is 1.79. The van der Waals surface area contributed by atoms with Crippen LogP contribution in [0.5, 0.6) is 0 Å². The molecule has 112 valence electrons. The molecule has 0 saturated heterocycles. The van der Waals surface area contributed by atoms with Gasteiger partial charge in [0.25, 0.3) is 0 Å². The number of rotatable bonds is 4. The summed E-state index contributed by atoms with van der Waals surface area (Å²) in [4.78, 5) is 13.2. The van der Waals surface area contributed by atoms with Crippen molar-refractivity contribution < 1.29 is 0 Å². The number of nitrogens with zero attached hydrogens (tertiary/aromatic N) is 3. The Hall–Kier alpha value is -2.79. The van der Waals surface area contributed by atoms with Crippen molar-refractivity contribution in [1.82, 2.24) is 15.0 Å². The van der Waals surface area contributed by atoms with Gasteiger partial charge in [0.1, 0.15) is 12.1 Å². The van der Waals surface area contributed by atoms with Gasteiger partial charge in [0.15, 0.2) is 0 Å². The van der Waals surface area contributed by atoms with Crippen molar-refractivity contribution in [3.05, 3.63) is 83.8 Å². The molecule has 0 radical (unpaired) electrons. The Morgan fingerprint density at radius 2 is 1.74 bits per heavy atom. The second kappa shape index (κ2) is 6.14. The summed E-state index contributed by atoms with van der Waals surface area (Å²) in [6, 6.07) is 18.2. The average Bonchev–Trinajstić information content (AvgIpc) is 3.11. The minimum Gasteiger partial charge on any atom is -0.356 e. The monoisotopic (exact) mass is 318 g/mol. The van der Waals surface area contributed by atoms with Crippen LogP contribution in [0.2, 0.25) is 0 Å². The summed E-state index contributed by atoms with van der Waals surface area (Å²) < 4.78 is 1.06. The minimum atomic E-state index is -0.0578. The fourth-order valence-electron chi connectivity index (χ4n) is 2.55. The van der Waals surface area contributed by atoms with Crippen LogP contribution in [-0.2, 0) is 0 Å². The summed E-state index contributed by atoms with van der Waals surface area (Å²) in [6.07, 6.45) is 3.41. The number of aromatic nitrogens is 3. The predicted molar refractivity (Wildman–Crippen MR) is 93.6 cm³/mol. The lowest BCUT2D eigenvalue weighted by molar-refractivity contribution is 0.880. The molecule has 1 atom stereocenters. The standard InChI is InChI=1S/C18H14N4S/c1-2-6-13(7-3-1)16(14-8-4-5-10-19-14)22-18-17-15(9-11-23-17)20-12-21-18/h1-12,16H,(H,20,21,22). The van der Waals surface area contributed by atoms with Gasteiger partial charge in [-0.1, -0.05) is 36.4 Å². The molecular formula is C18H14N4S. The molecule has 0 aliphatic rings. The van der Waals surface area contributed by atoms with E-state index >= 15 is 0 Å². The fourth-order valence-corrected chi connectivity index (χ4v) is 3.35. The van der Waals surface area contributed by atoms with Crippen LogP contribution in [0.15, 0.2) is 72.5 Å². The molecule has 0 bridgehead atoms. The first kappa shape index (κ1) is 13.8. The Bertz CT molecular complexity index is 866. The lowest BCUT2D eigenvalue weighted by Gasteiger charge is -2.19. The molecule has 1 aromatic carbocycles. The van der Waals surface area contributed by atoms with Gasteiger partial charge in [0, 0.05) is 6.20 Å². The van der Waals surface area contributed by atoms with E-state index in [0.717, 1.165) is 27.3 Å². The number of anilines is 1. The fraction of sp³-hybridized carbons (Fsp3) is 0.0556. The Labute approximate surface area is 137 Å². The number of nitrogens with one attached hydrogen (secondary N) is 1. The highest BCUT2D eigenvalue weighted by Gasteiger charge is 2.17. The van der Waals surface area contributed by atoms with Crippen LogP contribution in [0.3, 0.4) is 0 Å². The third-order valence-corrected chi connectivity index (χ3v) is 4.55. The molecular weight excluding hydrogens is 304 g/mol. The van der Waals surface area contributed by atoms with Gasteiger partial charge in [-0.2, -0.15) is 0 Å². The largest absolute Gasteiger partial charge is 0.356 e. The lowest BCUT2D eigenvalue weighted by atomic mass is 10.0. The molecule has 0 aliphatic heterocycles. The van der Waals surface area contributed by atoms with Gasteiger partial charge in [-0.25, -0.2) is 9.97 Å². The number of benzene rings is 1. The van der Waals surface area contributed by atoms with Gasteiger partial charge in [-0.3, -0.25) is 4.98 Å². The topological polar surface area (TPSA) is 50.7 Å². The Morgan fingerprint density at radius 1 is 0.870 bits per heavy atom. The molecule has 5 heteroatoms. The molecule has 0 spiro atoms. The summed E-state index contributed by atoms with van der Waals surface area (Å²) in [5.41, 5.74) is 3.07. The number of hydrogen-bond donors (Lipinski definition) is 1. The first-order valence-electron chi connectivity index (χ1n) is 7.32. The SMILES string of the molecule is c1ccc(C(Nc2ncnc3ccsc23)c2ccccn2)cc1. The quantitative estimate of drug-likeness (QED) is 0.610. The zero-order valence-corrected chi connectivity index (χ0v) is 13.1. The van der Waals surface area contributed by atoms with Crippen molar-refractivity contribution in [1.29, 1.82) is 0 Å². The molecule has 3 aromatic heterocycles. The number of thiophene rings is 1. The van der Waals surface area contributed by atoms with Crippen molar-refractivity contribution in [3.63, 3.8) is 0 Å². The van der Waals surface area contributed by atoms with E-state index in [2.05, 4.69) is 32.4 Å². The molecule has 0 aliphatic carbocycles. The van der Waals surface area contributed by atoms with Gasteiger partial charge >= 0.3 is 0 Å². The lowest BCUT2D eigenvalue weighted by Crippen LogP contribution is -2.14. The zero-order valence-electron chi connectivity index (χ0n) is 12.3. The van der Waals surface area contributed by atoms with Crippen LogP contribution >= 0.6 is 11.3 Å². The molecule has 0 fully saturated rings. The molecule has 3 heterocycles. The molecule has 4 nitrogen and oxygen atoms in total. The van der Waals surface area contributed by atoms with Crippen LogP contribution in [0.1, 0.15) is 17.3 Å². The third-order valence-electron chi connectivity index (χ3n) is 3.64. The van der Waals surface area contributed by atoms with Crippen LogP contribution in [-0.4, -0.2) is 15.0 Å². The van der Waals surface area contributed by atoms with E-state index in [-0.39, 0.29) is 6.04 Å². The number of fused-ring (bicyclic) bond motifs is 1. The van der Waals surface area contributed by atoms with E-state index in [1.807, 2.05) is 54.0 Å². The predicted octanol–water partition coefficient (Wildman–Crippen LogP) is 4.29. The van der Waals surface area contributed by atoms with E-state index in [1.54, 1.807) is 17.7 Å². The van der Waals surface area contributed by atoms with Gasteiger partial charge in [-0.15, -0.1) is 11.3 Å². The van der Waals surface area contributed by atoms with Crippen molar-refractivity contribution in [3.8, 4) is 0 Å². The Kier molecular flexibility index (Phi) is 3.70. The van der Waals surface area contributed by atoms with E-state index in [0.29, 0.717) is 0 Å². The van der Waals surface area contributed by atoms with Crippen LogP contribution in [0, 0.1) is 0 Å². The maximum atomic E-state index is 4.52. The second-order valence-corrected chi connectivity index (χ2v) is 6.02. The highest BCUT2D eigenvalue weighted by Crippen LogP contribution is 2.30. The third kappa shape index (κ3) is 2.78. The van der Waals surface area contributed by atoms with Crippen LogP contribution < -0.4 is 5.32 Å². The first-order valence-corrected chi connectivity index (χ1v) is 8.20. The summed E-state index contributed by atoms with van der Waals surface area (Å²) >= 11 is 1.64. The average molecular weight is 318 g/mol. The number of pyridine rings is 1. The summed E-state index contributed by atoms with van der Waals surface area (Å²) in [5, 5.41) is 5.57. The van der Waals surface area contributed by atoms with Gasteiger partial charge < -0.3 is 5.32 Å². The Morgan fingerprint density at radius 3 is 2.57 bits per heavy atom. The smallest absolute Gasteiger partial charge is 0.148 e. The number of hydrogen-bond acceptors (Lipinski definition) is 5. The molecule has 4 rings (SSSR count). The summed E-state index contributed by atoms with van der Waals surface area (Å²) in [5.74, 6) is 0.838. The minimum absolute atomic E-state index is 0.0578. The highest BCUT2D eigenvalue weighted by atomic mass is 32.1. The second-order valence-electron chi connectivity index (χ2n) is 5.10. The van der Waals surface area contributed by atoms with Crippen molar-refractivity contribution in [2.45, 2.75) is 6.04 Å². The summed E-state index contributed by atoms with van der Waals surface area (Å²) in [6.45, 7) is 0.